The standard InChI is InChI=1S/C9H13FN2O4/c10-5-3-8(16-6(5)4-13)12-2-1-7(14)11-9(12)15/h5-6,8,13H,1-4H2,(H,11,14,15)/t5-,6+,8-/m0/s1. The van der Waals surface area contributed by atoms with Gasteiger partial charge in [-0.1, -0.05) is 0 Å². The van der Waals surface area contributed by atoms with E-state index in [-0.39, 0.29) is 25.3 Å². The number of amides is 3. The number of hydrogen-bond donors (Lipinski definition) is 2. The Morgan fingerprint density at radius 1 is 1.56 bits per heavy atom. The molecule has 2 fully saturated rings. The lowest BCUT2D eigenvalue weighted by Crippen LogP contribution is -2.53. The van der Waals surface area contributed by atoms with Gasteiger partial charge in [-0.3, -0.25) is 15.0 Å². The molecule has 0 radical (unpaired) electrons. The smallest absolute Gasteiger partial charge is 0.326 e. The molecule has 2 aliphatic heterocycles. The van der Waals surface area contributed by atoms with Gasteiger partial charge in [-0.05, 0) is 0 Å². The van der Waals surface area contributed by atoms with Crippen molar-refractivity contribution in [1.82, 2.24) is 10.2 Å². The lowest BCUT2D eigenvalue weighted by atomic mass is 10.2. The molecule has 0 aliphatic carbocycles. The fraction of sp³-hybridized carbons (Fsp3) is 0.778. The van der Waals surface area contributed by atoms with Crippen molar-refractivity contribution >= 4 is 11.9 Å². The highest BCUT2D eigenvalue weighted by Gasteiger charge is 2.41. The van der Waals surface area contributed by atoms with E-state index in [2.05, 4.69) is 5.32 Å². The maximum Gasteiger partial charge on any atom is 0.326 e. The summed E-state index contributed by atoms with van der Waals surface area (Å²) in [6.45, 7) is -0.188. The molecule has 16 heavy (non-hydrogen) atoms. The van der Waals surface area contributed by atoms with Gasteiger partial charge in [0.1, 0.15) is 18.5 Å². The molecule has 0 unspecified atom stereocenters. The van der Waals surface area contributed by atoms with Crippen LogP contribution in [0.2, 0.25) is 0 Å². The minimum atomic E-state index is -1.28. The van der Waals surface area contributed by atoms with Crippen molar-refractivity contribution in [3.05, 3.63) is 0 Å². The molecule has 0 aromatic rings. The molecule has 0 aromatic heterocycles. The third-order valence-electron chi connectivity index (χ3n) is 2.78. The highest BCUT2D eigenvalue weighted by atomic mass is 19.1. The summed E-state index contributed by atoms with van der Waals surface area (Å²) in [6, 6.07) is -0.563. The summed E-state index contributed by atoms with van der Waals surface area (Å²) >= 11 is 0. The van der Waals surface area contributed by atoms with E-state index in [9.17, 15) is 14.0 Å². The van der Waals surface area contributed by atoms with Crippen LogP contribution >= 0.6 is 0 Å². The summed E-state index contributed by atoms with van der Waals surface area (Å²) in [5.41, 5.74) is 0. The zero-order chi connectivity index (χ0) is 11.7. The molecular formula is C9H13FN2O4. The van der Waals surface area contributed by atoms with Crippen molar-refractivity contribution in [3.8, 4) is 0 Å². The Morgan fingerprint density at radius 2 is 2.31 bits per heavy atom. The van der Waals surface area contributed by atoms with Gasteiger partial charge in [-0.2, -0.15) is 0 Å². The molecule has 0 spiro atoms. The molecule has 2 aliphatic rings. The second-order valence-corrected chi connectivity index (χ2v) is 3.86. The van der Waals surface area contributed by atoms with E-state index < -0.39 is 31.1 Å². The Morgan fingerprint density at radius 3 is 2.88 bits per heavy atom. The average Bonchev–Trinajstić information content (AvgIpc) is 2.59. The van der Waals surface area contributed by atoms with Crippen LogP contribution in [0.15, 0.2) is 0 Å². The van der Waals surface area contributed by atoms with Crippen LogP contribution in [0.4, 0.5) is 9.18 Å². The Hall–Kier alpha value is -1.21. The zero-order valence-corrected chi connectivity index (χ0v) is 8.56. The van der Waals surface area contributed by atoms with Crippen LogP contribution in [0.3, 0.4) is 0 Å². The lowest BCUT2D eigenvalue weighted by molar-refractivity contribution is -0.123. The lowest BCUT2D eigenvalue weighted by Gasteiger charge is -2.31. The average molecular weight is 232 g/mol. The quantitative estimate of drug-likeness (QED) is 0.664. The molecule has 2 heterocycles. The first-order valence-electron chi connectivity index (χ1n) is 5.12. The van der Waals surface area contributed by atoms with Crippen molar-refractivity contribution in [3.63, 3.8) is 0 Å². The third kappa shape index (κ3) is 2.00. The SMILES string of the molecule is O=C1CCN([C@@H]2C[C@H](F)[C@@H](CO)O2)C(=O)N1. The van der Waals surface area contributed by atoms with Gasteiger partial charge in [0.05, 0.1) is 6.61 Å². The minimum Gasteiger partial charge on any atom is -0.394 e. The number of ether oxygens (including phenoxy) is 1. The Labute approximate surface area is 91.4 Å². The van der Waals surface area contributed by atoms with Crippen LogP contribution in [0.1, 0.15) is 12.8 Å². The molecule has 6 nitrogen and oxygen atoms in total. The molecule has 2 N–H and O–H groups in total. The Balaban J connectivity index is 1.98. The summed E-state index contributed by atoms with van der Waals surface area (Å²) < 4.78 is 18.5. The normalized spacial score (nSPS) is 35.4. The summed E-state index contributed by atoms with van der Waals surface area (Å²) in [6.07, 6.45) is -2.63. The largest absolute Gasteiger partial charge is 0.394 e. The second-order valence-electron chi connectivity index (χ2n) is 3.86. The monoisotopic (exact) mass is 232 g/mol. The van der Waals surface area contributed by atoms with E-state index in [4.69, 9.17) is 9.84 Å². The van der Waals surface area contributed by atoms with E-state index in [0.29, 0.717) is 0 Å². The van der Waals surface area contributed by atoms with Crippen LogP contribution in [-0.4, -0.2) is 53.6 Å². The molecule has 0 aromatic carbocycles. The number of hydrogen-bond acceptors (Lipinski definition) is 4. The summed E-state index contributed by atoms with van der Waals surface area (Å²) in [4.78, 5) is 23.6. The van der Waals surface area contributed by atoms with Crippen molar-refractivity contribution in [2.24, 2.45) is 0 Å². The van der Waals surface area contributed by atoms with Crippen molar-refractivity contribution in [2.75, 3.05) is 13.2 Å². The molecular weight excluding hydrogens is 219 g/mol. The van der Waals surface area contributed by atoms with Crippen molar-refractivity contribution in [2.45, 2.75) is 31.3 Å². The van der Waals surface area contributed by atoms with Gasteiger partial charge in [-0.25, -0.2) is 9.18 Å². The Bertz CT molecular complexity index is 312. The van der Waals surface area contributed by atoms with E-state index in [1.165, 1.54) is 4.90 Å². The molecule has 2 rings (SSSR count). The number of aliphatic hydroxyl groups excluding tert-OH is 1. The van der Waals surface area contributed by atoms with Gasteiger partial charge < -0.3 is 9.84 Å². The molecule has 2 saturated heterocycles. The van der Waals surface area contributed by atoms with E-state index in [1.807, 2.05) is 0 Å². The maximum absolute atomic E-state index is 13.3. The number of alkyl halides is 1. The van der Waals surface area contributed by atoms with Gasteiger partial charge in [0.25, 0.3) is 0 Å². The Kier molecular flexibility index (Phi) is 3.06. The summed E-state index contributed by atoms with van der Waals surface area (Å²) in [5.74, 6) is -0.338. The highest BCUT2D eigenvalue weighted by Crippen LogP contribution is 2.26. The van der Waals surface area contributed by atoms with Crippen LogP contribution < -0.4 is 5.32 Å². The molecule has 90 valence electrons. The topological polar surface area (TPSA) is 78.9 Å². The summed E-state index contributed by atoms with van der Waals surface area (Å²) in [7, 11) is 0. The minimum absolute atomic E-state index is 0.0346. The van der Waals surface area contributed by atoms with Crippen LogP contribution in [0, 0.1) is 0 Å². The number of nitrogens with one attached hydrogen (secondary N) is 1. The van der Waals surface area contributed by atoms with E-state index in [1.54, 1.807) is 0 Å². The van der Waals surface area contributed by atoms with Crippen molar-refractivity contribution < 1.29 is 23.8 Å². The van der Waals surface area contributed by atoms with Gasteiger partial charge >= 0.3 is 6.03 Å². The summed E-state index contributed by atoms with van der Waals surface area (Å²) in [5, 5.41) is 11.0. The van der Waals surface area contributed by atoms with Crippen LogP contribution in [-0.2, 0) is 9.53 Å². The number of imide groups is 1. The van der Waals surface area contributed by atoms with Crippen LogP contribution in [0.5, 0.6) is 0 Å². The van der Waals surface area contributed by atoms with Crippen molar-refractivity contribution in [1.29, 1.82) is 0 Å². The van der Waals surface area contributed by atoms with Crippen LogP contribution in [0.25, 0.3) is 0 Å². The van der Waals surface area contributed by atoms with E-state index in [0.717, 1.165) is 0 Å². The first kappa shape index (κ1) is 11.3. The second kappa shape index (κ2) is 4.34. The first-order valence-corrected chi connectivity index (χ1v) is 5.12. The van der Waals surface area contributed by atoms with E-state index >= 15 is 0 Å². The number of rotatable bonds is 2. The number of urea groups is 1. The predicted molar refractivity (Wildman–Crippen MR) is 50.1 cm³/mol. The number of aliphatic hydroxyl groups is 1. The highest BCUT2D eigenvalue weighted by molar-refractivity contribution is 5.96. The molecule has 3 atom stereocenters. The number of halogens is 1. The van der Waals surface area contributed by atoms with Gasteiger partial charge in [0.2, 0.25) is 5.91 Å². The van der Waals surface area contributed by atoms with Gasteiger partial charge in [0.15, 0.2) is 0 Å². The predicted octanol–water partition coefficient (Wildman–Crippen LogP) is -0.626. The first-order chi connectivity index (χ1) is 7.61. The van der Waals surface area contributed by atoms with Gasteiger partial charge in [-0.15, -0.1) is 0 Å². The molecule has 7 heteroatoms. The molecule has 3 amide bonds. The number of carbonyl (C=O) groups is 2. The number of nitrogens with zero attached hydrogens (tertiary/aromatic N) is 1. The molecule has 0 bridgehead atoms. The van der Waals surface area contributed by atoms with Gasteiger partial charge in [0, 0.05) is 19.4 Å². The molecule has 0 saturated carbocycles. The fourth-order valence-electron chi connectivity index (χ4n) is 1.90. The zero-order valence-electron chi connectivity index (χ0n) is 8.56. The third-order valence-corrected chi connectivity index (χ3v) is 2.78. The maximum atomic E-state index is 13.3. The fourth-order valence-corrected chi connectivity index (χ4v) is 1.90. The number of carbonyl (C=O) groups excluding carboxylic acids is 2.